The quantitative estimate of drug-likeness (QED) is 0.731. The number of likely N-dealkylation sites (N-methyl/N-ethyl adjacent to an activating group) is 1. The Morgan fingerprint density at radius 3 is 2.35 bits per heavy atom. The lowest BCUT2D eigenvalue weighted by atomic mass is 10.0. The number of carbonyl (C=O) groups is 1. The van der Waals surface area contributed by atoms with Crippen LogP contribution in [0.15, 0.2) is 41.4 Å². The molecule has 1 unspecified atom stereocenters. The van der Waals surface area contributed by atoms with Crippen LogP contribution in [0.4, 0.5) is 0 Å². The second kappa shape index (κ2) is 8.03. The smallest absolute Gasteiger partial charge is 0.352 e. The first-order valence-corrected chi connectivity index (χ1v) is 9.78. The molecule has 0 bridgehead atoms. The average molecular weight is 379 g/mol. The molecule has 1 aromatic heterocycles. The van der Waals surface area contributed by atoms with E-state index in [1.165, 1.54) is 23.4 Å². The van der Waals surface area contributed by atoms with Crippen LogP contribution in [0.2, 0.25) is 0 Å². The fraction of sp³-hybridized carbons (Fsp3) is 0.389. The highest BCUT2D eigenvalue weighted by molar-refractivity contribution is 7.89. The summed E-state index contributed by atoms with van der Waals surface area (Å²) in [5.74, 6) is -1.17. The second-order valence-corrected chi connectivity index (χ2v) is 8.17. The van der Waals surface area contributed by atoms with Crippen LogP contribution in [-0.4, -0.2) is 49.6 Å². The minimum Gasteiger partial charge on any atom is -0.477 e. The van der Waals surface area contributed by atoms with Gasteiger partial charge in [-0.2, -0.15) is 0 Å². The van der Waals surface area contributed by atoms with E-state index < -0.39 is 16.0 Å². The number of carboxylic acids is 1. The van der Waals surface area contributed by atoms with Crippen molar-refractivity contribution in [3.8, 4) is 0 Å². The highest BCUT2D eigenvalue weighted by Crippen LogP contribution is 2.20. The van der Waals surface area contributed by atoms with Crippen LogP contribution < -0.4 is 4.72 Å². The van der Waals surface area contributed by atoms with Gasteiger partial charge >= 0.3 is 5.97 Å². The molecule has 2 aromatic rings. The van der Waals surface area contributed by atoms with Crippen LogP contribution in [0.25, 0.3) is 0 Å². The van der Waals surface area contributed by atoms with E-state index in [2.05, 4.69) is 11.6 Å². The zero-order valence-corrected chi connectivity index (χ0v) is 16.2. The van der Waals surface area contributed by atoms with Gasteiger partial charge in [-0.25, -0.2) is 17.9 Å². The van der Waals surface area contributed by atoms with Crippen molar-refractivity contribution in [2.45, 2.75) is 24.3 Å². The van der Waals surface area contributed by atoms with Gasteiger partial charge in [0.05, 0.1) is 0 Å². The molecule has 0 aliphatic rings. The van der Waals surface area contributed by atoms with E-state index in [0.717, 1.165) is 18.1 Å². The summed E-state index contributed by atoms with van der Waals surface area (Å²) in [7, 11) is 1.47. The van der Waals surface area contributed by atoms with Gasteiger partial charge in [-0.15, -0.1) is 0 Å². The van der Waals surface area contributed by atoms with Crippen LogP contribution in [0.1, 0.15) is 34.6 Å². The summed E-state index contributed by atoms with van der Waals surface area (Å²) in [6, 6.07) is 9.10. The number of aromatic carboxylic acids is 1. The topological polar surface area (TPSA) is 91.6 Å². The summed E-state index contributed by atoms with van der Waals surface area (Å²) in [4.78, 5) is 13.0. The van der Waals surface area contributed by atoms with E-state index in [4.69, 9.17) is 5.11 Å². The fourth-order valence-electron chi connectivity index (χ4n) is 2.74. The maximum Gasteiger partial charge on any atom is 0.352 e. The number of sulfonamides is 1. The molecule has 142 valence electrons. The van der Waals surface area contributed by atoms with E-state index in [0.29, 0.717) is 0 Å². The van der Waals surface area contributed by atoms with Crippen LogP contribution >= 0.6 is 0 Å². The first-order chi connectivity index (χ1) is 12.2. The maximum atomic E-state index is 12.5. The van der Waals surface area contributed by atoms with Gasteiger partial charge in [-0.1, -0.05) is 31.2 Å². The SMILES string of the molecule is CCc1ccc(C(CNS(=O)(=O)c2cc(C(=O)O)n(C)c2)N(C)C)cc1. The van der Waals surface area contributed by atoms with Gasteiger partial charge in [0, 0.05) is 25.8 Å². The predicted molar refractivity (Wildman–Crippen MR) is 99.8 cm³/mol. The Kier molecular flexibility index (Phi) is 6.22. The lowest BCUT2D eigenvalue weighted by Gasteiger charge is -2.25. The normalized spacial score (nSPS) is 13.1. The third kappa shape index (κ3) is 4.51. The summed E-state index contributed by atoms with van der Waals surface area (Å²) < 4.78 is 29.0. The Hall–Kier alpha value is -2.16. The van der Waals surface area contributed by atoms with Gasteiger partial charge in [0.15, 0.2) is 0 Å². The monoisotopic (exact) mass is 379 g/mol. The van der Waals surface area contributed by atoms with Crippen molar-refractivity contribution in [1.82, 2.24) is 14.2 Å². The zero-order chi connectivity index (χ0) is 19.5. The van der Waals surface area contributed by atoms with Crippen LogP contribution in [0, 0.1) is 0 Å². The minimum atomic E-state index is -3.81. The third-order valence-electron chi connectivity index (χ3n) is 4.37. The second-order valence-electron chi connectivity index (χ2n) is 6.40. The number of hydrogen-bond donors (Lipinski definition) is 2. The van der Waals surface area contributed by atoms with Gasteiger partial charge in [-0.05, 0) is 37.7 Å². The molecule has 0 aliphatic carbocycles. The number of aryl methyl sites for hydroxylation is 2. The van der Waals surface area contributed by atoms with Gasteiger partial charge < -0.3 is 14.6 Å². The van der Waals surface area contributed by atoms with Gasteiger partial charge in [0.25, 0.3) is 0 Å². The maximum absolute atomic E-state index is 12.5. The Labute approximate surface area is 154 Å². The van der Waals surface area contributed by atoms with Crippen molar-refractivity contribution < 1.29 is 18.3 Å². The van der Waals surface area contributed by atoms with Crippen molar-refractivity contribution in [2.75, 3.05) is 20.6 Å². The van der Waals surface area contributed by atoms with Crippen molar-refractivity contribution in [3.05, 3.63) is 53.3 Å². The molecule has 8 heteroatoms. The number of nitrogens with zero attached hydrogens (tertiary/aromatic N) is 2. The number of rotatable bonds is 8. The minimum absolute atomic E-state index is 0.0590. The molecule has 0 radical (unpaired) electrons. The third-order valence-corrected chi connectivity index (χ3v) is 5.76. The fourth-order valence-corrected chi connectivity index (χ4v) is 3.85. The molecule has 0 saturated heterocycles. The summed E-state index contributed by atoms with van der Waals surface area (Å²) in [5.41, 5.74) is 2.15. The molecule has 0 saturated carbocycles. The Morgan fingerprint density at radius 1 is 1.27 bits per heavy atom. The number of benzene rings is 1. The molecule has 0 fully saturated rings. The van der Waals surface area contributed by atoms with E-state index in [1.54, 1.807) is 0 Å². The molecule has 0 spiro atoms. The summed E-state index contributed by atoms with van der Waals surface area (Å²) in [6.07, 6.45) is 2.24. The number of hydrogen-bond acceptors (Lipinski definition) is 4. The van der Waals surface area contributed by atoms with Crippen molar-refractivity contribution in [3.63, 3.8) is 0 Å². The molecule has 2 rings (SSSR count). The lowest BCUT2D eigenvalue weighted by Crippen LogP contribution is -2.34. The molecular weight excluding hydrogens is 354 g/mol. The summed E-state index contributed by atoms with van der Waals surface area (Å²) >= 11 is 0. The predicted octanol–water partition coefficient (Wildman–Crippen LogP) is 1.87. The Morgan fingerprint density at radius 2 is 1.88 bits per heavy atom. The average Bonchev–Trinajstić information content (AvgIpc) is 2.98. The highest BCUT2D eigenvalue weighted by Gasteiger charge is 2.23. The molecule has 1 atom stereocenters. The molecule has 0 aliphatic heterocycles. The summed E-state index contributed by atoms with van der Waals surface area (Å²) in [5, 5.41) is 9.08. The number of carboxylic acid groups (broad SMARTS) is 1. The Bertz CT molecular complexity index is 870. The first kappa shape index (κ1) is 20.2. The molecule has 7 nitrogen and oxygen atoms in total. The molecule has 2 N–H and O–H groups in total. The van der Waals surface area contributed by atoms with Gasteiger partial charge in [-0.3, -0.25) is 0 Å². The van der Waals surface area contributed by atoms with Crippen molar-refractivity contribution in [1.29, 1.82) is 0 Å². The molecule has 1 aromatic carbocycles. The number of nitrogens with one attached hydrogen (secondary N) is 1. The molecule has 0 amide bonds. The van der Waals surface area contributed by atoms with E-state index in [1.807, 2.05) is 43.3 Å². The molecule has 1 heterocycles. The lowest BCUT2D eigenvalue weighted by molar-refractivity contribution is 0.0686. The zero-order valence-electron chi connectivity index (χ0n) is 15.4. The van der Waals surface area contributed by atoms with Crippen LogP contribution in [-0.2, 0) is 23.5 Å². The van der Waals surface area contributed by atoms with Crippen molar-refractivity contribution in [2.24, 2.45) is 7.05 Å². The molecule has 26 heavy (non-hydrogen) atoms. The van der Waals surface area contributed by atoms with E-state index in [9.17, 15) is 13.2 Å². The van der Waals surface area contributed by atoms with E-state index in [-0.39, 0.29) is 23.2 Å². The van der Waals surface area contributed by atoms with Crippen LogP contribution in [0.3, 0.4) is 0 Å². The summed E-state index contributed by atoms with van der Waals surface area (Å²) in [6.45, 7) is 2.26. The highest BCUT2D eigenvalue weighted by atomic mass is 32.2. The van der Waals surface area contributed by atoms with Crippen molar-refractivity contribution >= 4 is 16.0 Å². The standard InChI is InChI=1S/C18H25N3O4S/c1-5-13-6-8-14(9-7-13)17(20(2)3)11-19-26(24,25)15-10-16(18(22)23)21(4)12-15/h6-10,12,17,19H,5,11H2,1-4H3,(H,22,23). The van der Waals surface area contributed by atoms with Crippen LogP contribution in [0.5, 0.6) is 0 Å². The van der Waals surface area contributed by atoms with Gasteiger partial charge in [0.1, 0.15) is 10.6 Å². The van der Waals surface area contributed by atoms with E-state index >= 15 is 0 Å². The first-order valence-electron chi connectivity index (χ1n) is 8.30. The Balaban J connectivity index is 2.19. The largest absolute Gasteiger partial charge is 0.477 e. The molecular formula is C18H25N3O4S. The van der Waals surface area contributed by atoms with Gasteiger partial charge in [0.2, 0.25) is 10.0 Å². The number of aromatic nitrogens is 1.